The van der Waals surface area contributed by atoms with E-state index in [1.54, 1.807) is 7.05 Å². The zero-order valence-electron chi connectivity index (χ0n) is 14.0. The topological polar surface area (TPSA) is 73.8 Å². The van der Waals surface area contributed by atoms with Crippen molar-refractivity contribution in [3.05, 3.63) is 0 Å². The first-order valence-corrected chi connectivity index (χ1v) is 9.88. The number of hydrogen-bond donors (Lipinski definition) is 2. The number of halogens is 1. The summed E-state index contributed by atoms with van der Waals surface area (Å²) in [5, 5.41) is 6.62. The minimum absolute atomic E-state index is 0. The minimum atomic E-state index is -2.87. The third kappa shape index (κ3) is 9.83. The van der Waals surface area contributed by atoms with Gasteiger partial charge in [-0.05, 0) is 32.2 Å². The molecule has 0 aromatic heterocycles. The predicted octanol–water partition coefficient (Wildman–Crippen LogP) is 1.08. The second-order valence-corrected chi connectivity index (χ2v) is 8.00. The van der Waals surface area contributed by atoms with Gasteiger partial charge in [0.2, 0.25) is 0 Å². The fourth-order valence-electron chi connectivity index (χ4n) is 2.55. The Kier molecular flexibility index (Phi) is 11.4. The van der Waals surface area contributed by atoms with Crippen molar-refractivity contribution in [3.63, 3.8) is 0 Å². The Balaban J connectivity index is 0.00000441. The third-order valence-corrected chi connectivity index (χ3v) is 4.71. The predicted molar refractivity (Wildman–Crippen MR) is 104 cm³/mol. The van der Waals surface area contributed by atoms with Crippen LogP contribution in [0.1, 0.15) is 32.6 Å². The summed E-state index contributed by atoms with van der Waals surface area (Å²) in [4.78, 5) is 6.70. The van der Waals surface area contributed by atoms with Crippen LogP contribution in [0.3, 0.4) is 0 Å². The quantitative estimate of drug-likeness (QED) is 0.265. The smallest absolute Gasteiger partial charge is 0.191 e. The van der Waals surface area contributed by atoms with Crippen molar-refractivity contribution in [1.82, 2.24) is 15.5 Å². The molecule has 0 amide bonds. The first-order valence-electron chi connectivity index (χ1n) is 7.82. The summed E-state index contributed by atoms with van der Waals surface area (Å²) in [7, 11) is -1.13. The van der Waals surface area contributed by atoms with E-state index < -0.39 is 9.84 Å². The normalized spacial score (nSPS) is 17.9. The maximum atomic E-state index is 11.1. The van der Waals surface area contributed by atoms with Gasteiger partial charge in [-0.3, -0.25) is 4.99 Å². The van der Waals surface area contributed by atoms with Gasteiger partial charge in [-0.1, -0.05) is 6.92 Å². The fourth-order valence-corrected chi connectivity index (χ4v) is 3.21. The van der Waals surface area contributed by atoms with Crippen molar-refractivity contribution in [2.75, 3.05) is 45.2 Å². The van der Waals surface area contributed by atoms with Crippen molar-refractivity contribution in [2.45, 2.75) is 38.6 Å². The maximum absolute atomic E-state index is 11.1. The van der Waals surface area contributed by atoms with Crippen molar-refractivity contribution in [3.8, 4) is 0 Å². The molecule has 0 spiro atoms. The molecule has 1 aliphatic rings. The molecule has 132 valence electrons. The Bertz CT molecular complexity index is 421. The van der Waals surface area contributed by atoms with E-state index in [-0.39, 0.29) is 29.7 Å². The maximum Gasteiger partial charge on any atom is 0.191 e. The van der Waals surface area contributed by atoms with Crippen LogP contribution in [0.4, 0.5) is 0 Å². The van der Waals surface area contributed by atoms with Crippen LogP contribution in [-0.2, 0) is 9.84 Å². The summed E-state index contributed by atoms with van der Waals surface area (Å²) in [6.45, 7) is 6.30. The molecule has 2 N–H and O–H groups in total. The second kappa shape index (κ2) is 11.4. The zero-order valence-corrected chi connectivity index (χ0v) is 17.1. The SMILES string of the molecule is CCCN1CCC(NC(=NC)NCCCS(C)(=O)=O)CC1.I. The van der Waals surface area contributed by atoms with Gasteiger partial charge in [-0.15, -0.1) is 24.0 Å². The number of aliphatic imine (C=N–C) groups is 1. The highest BCUT2D eigenvalue weighted by molar-refractivity contribution is 14.0. The van der Waals surface area contributed by atoms with Gasteiger partial charge < -0.3 is 15.5 Å². The summed E-state index contributed by atoms with van der Waals surface area (Å²) in [5.41, 5.74) is 0. The monoisotopic (exact) mass is 446 g/mol. The van der Waals surface area contributed by atoms with Gasteiger partial charge in [0, 0.05) is 39.0 Å². The summed E-state index contributed by atoms with van der Waals surface area (Å²) in [6.07, 6.45) is 5.34. The van der Waals surface area contributed by atoms with Crippen molar-refractivity contribution >= 4 is 39.8 Å². The Hall–Kier alpha value is -0.0900. The number of nitrogens with one attached hydrogen (secondary N) is 2. The highest BCUT2D eigenvalue weighted by Gasteiger charge is 2.19. The van der Waals surface area contributed by atoms with E-state index in [4.69, 9.17) is 0 Å². The standard InChI is InChI=1S/C14H30N4O2S.HI/c1-4-9-18-10-6-13(7-11-18)17-14(15-2)16-8-5-12-21(3,19)20;/h13H,4-12H2,1-3H3,(H2,15,16,17);1H. The molecule has 0 saturated carbocycles. The van der Waals surface area contributed by atoms with Crippen LogP contribution >= 0.6 is 24.0 Å². The molecule has 1 fully saturated rings. The van der Waals surface area contributed by atoms with Gasteiger partial charge in [0.05, 0.1) is 5.75 Å². The van der Waals surface area contributed by atoms with Crippen LogP contribution in [0.25, 0.3) is 0 Å². The van der Waals surface area contributed by atoms with Gasteiger partial charge in [0.25, 0.3) is 0 Å². The summed E-state index contributed by atoms with van der Waals surface area (Å²) in [6, 6.07) is 0.458. The van der Waals surface area contributed by atoms with Crippen LogP contribution in [-0.4, -0.2) is 70.6 Å². The van der Waals surface area contributed by atoms with E-state index >= 15 is 0 Å². The number of likely N-dealkylation sites (tertiary alicyclic amines) is 1. The van der Waals surface area contributed by atoms with E-state index in [2.05, 4.69) is 27.4 Å². The second-order valence-electron chi connectivity index (χ2n) is 5.74. The minimum Gasteiger partial charge on any atom is -0.356 e. The van der Waals surface area contributed by atoms with E-state index in [0.717, 1.165) is 31.9 Å². The summed E-state index contributed by atoms with van der Waals surface area (Å²) >= 11 is 0. The average molecular weight is 446 g/mol. The first-order chi connectivity index (χ1) is 9.94. The van der Waals surface area contributed by atoms with Crippen molar-refractivity contribution in [2.24, 2.45) is 4.99 Å². The molecular formula is C14H31IN4O2S. The number of piperidine rings is 1. The van der Waals surface area contributed by atoms with Gasteiger partial charge >= 0.3 is 0 Å². The molecule has 0 radical (unpaired) electrons. The van der Waals surface area contributed by atoms with Crippen LogP contribution in [0.15, 0.2) is 4.99 Å². The van der Waals surface area contributed by atoms with Gasteiger partial charge in [0.1, 0.15) is 9.84 Å². The number of guanidine groups is 1. The lowest BCUT2D eigenvalue weighted by Gasteiger charge is -2.32. The largest absolute Gasteiger partial charge is 0.356 e. The Morgan fingerprint density at radius 3 is 2.45 bits per heavy atom. The lowest BCUT2D eigenvalue weighted by Crippen LogP contribution is -2.49. The summed E-state index contributed by atoms with van der Waals surface area (Å²) in [5.74, 6) is 0.990. The molecule has 6 nitrogen and oxygen atoms in total. The van der Waals surface area contributed by atoms with E-state index in [1.165, 1.54) is 19.2 Å². The van der Waals surface area contributed by atoms with E-state index in [1.807, 2.05) is 0 Å². The lowest BCUT2D eigenvalue weighted by molar-refractivity contribution is 0.206. The highest BCUT2D eigenvalue weighted by Crippen LogP contribution is 2.10. The molecule has 0 aliphatic carbocycles. The molecule has 1 heterocycles. The lowest BCUT2D eigenvalue weighted by atomic mass is 10.1. The van der Waals surface area contributed by atoms with Gasteiger partial charge in [-0.2, -0.15) is 0 Å². The Morgan fingerprint density at radius 1 is 1.32 bits per heavy atom. The molecule has 8 heteroatoms. The Morgan fingerprint density at radius 2 is 1.95 bits per heavy atom. The van der Waals surface area contributed by atoms with Crippen LogP contribution in [0, 0.1) is 0 Å². The van der Waals surface area contributed by atoms with E-state index in [0.29, 0.717) is 19.0 Å². The molecule has 0 unspecified atom stereocenters. The molecule has 0 atom stereocenters. The fraction of sp³-hybridized carbons (Fsp3) is 0.929. The molecule has 1 aliphatic heterocycles. The molecule has 0 bridgehead atoms. The number of hydrogen-bond acceptors (Lipinski definition) is 4. The van der Waals surface area contributed by atoms with Crippen molar-refractivity contribution < 1.29 is 8.42 Å². The highest BCUT2D eigenvalue weighted by atomic mass is 127. The number of sulfone groups is 1. The van der Waals surface area contributed by atoms with Crippen molar-refractivity contribution in [1.29, 1.82) is 0 Å². The molecular weight excluding hydrogens is 415 g/mol. The van der Waals surface area contributed by atoms with Crippen LogP contribution < -0.4 is 10.6 Å². The molecule has 22 heavy (non-hydrogen) atoms. The third-order valence-electron chi connectivity index (χ3n) is 3.68. The van der Waals surface area contributed by atoms with Crippen LogP contribution in [0.2, 0.25) is 0 Å². The number of nitrogens with zero attached hydrogens (tertiary/aromatic N) is 2. The Labute approximate surface area is 152 Å². The molecule has 1 rings (SSSR count). The molecule has 1 saturated heterocycles. The summed E-state index contributed by atoms with van der Waals surface area (Å²) < 4.78 is 22.1. The number of rotatable bonds is 7. The molecule has 0 aromatic carbocycles. The van der Waals surface area contributed by atoms with Gasteiger partial charge in [-0.25, -0.2) is 8.42 Å². The average Bonchev–Trinajstić information content (AvgIpc) is 2.43. The van der Waals surface area contributed by atoms with Gasteiger partial charge in [0.15, 0.2) is 5.96 Å². The van der Waals surface area contributed by atoms with Crippen LogP contribution in [0.5, 0.6) is 0 Å². The van der Waals surface area contributed by atoms with E-state index in [9.17, 15) is 8.42 Å². The molecule has 0 aromatic rings. The first kappa shape index (κ1) is 21.9. The zero-order chi connectivity index (χ0) is 15.7.